The molecule has 0 bridgehead atoms. The summed E-state index contributed by atoms with van der Waals surface area (Å²) in [6.07, 6.45) is 1.37. The number of rotatable bonds is 5. The van der Waals surface area contributed by atoms with Crippen molar-refractivity contribution in [1.82, 2.24) is 14.9 Å². The van der Waals surface area contributed by atoms with E-state index in [4.69, 9.17) is 4.74 Å². The molecule has 2 rings (SSSR count). The summed E-state index contributed by atoms with van der Waals surface area (Å²) in [6.45, 7) is 3.86. The molecule has 1 aromatic rings. The summed E-state index contributed by atoms with van der Waals surface area (Å²) in [5.41, 5.74) is 0.569. The maximum atomic E-state index is 12.8. The molecule has 9 nitrogen and oxygen atoms in total. The van der Waals surface area contributed by atoms with Gasteiger partial charge in [0, 0.05) is 20.1 Å². The summed E-state index contributed by atoms with van der Waals surface area (Å²) in [7, 11) is -2.36. The number of benzene rings is 1. The van der Waals surface area contributed by atoms with Crippen LogP contribution < -0.4 is 10.6 Å². The number of nitrogens with one attached hydrogen (secondary N) is 2. The van der Waals surface area contributed by atoms with Crippen molar-refractivity contribution in [3.63, 3.8) is 0 Å². The summed E-state index contributed by atoms with van der Waals surface area (Å²) in [5, 5.41) is 4.23. The zero-order valence-electron chi connectivity index (χ0n) is 16.1. The van der Waals surface area contributed by atoms with E-state index in [2.05, 4.69) is 5.32 Å². The van der Waals surface area contributed by atoms with Gasteiger partial charge in [-0.2, -0.15) is 4.31 Å². The lowest BCUT2D eigenvalue weighted by Crippen LogP contribution is -2.43. The van der Waals surface area contributed by atoms with E-state index in [-0.39, 0.29) is 10.5 Å². The van der Waals surface area contributed by atoms with Crippen molar-refractivity contribution < 1.29 is 27.5 Å². The molecule has 1 fully saturated rings. The average molecular weight is 411 g/mol. The smallest absolute Gasteiger partial charge is 0.339 e. The largest absolute Gasteiger partial charge is 0.449 e. The number of urea groups is 1. The van der Waals surface area contributed by atoms with Gasteiger partial charge in [-0.25, -0.2) is 18.0 Å². The summed E-state index contributed by atoms with van der Waals surface area (Å²) in [4.78, 5) is 35.5. The average Bonchev–Trinajstić information content (AvgIpc) is 2.68. The Kier molecular flexibility index (Phi) is 7.14. The fraction of sp³-hybridized carbons (Fsp3) is 0.500. The van der Waals surface area contributed by atoms with Gasteiger partial charge in [-0.15, -0.1) is 0 Å². The van der Waals surface area contributed by atoms with Crippen LogP contribution in [0, 0.1) is 6.92 Å². The van der Waals surface area contributed by atoms with Gasteiger partial charge in [0.2, 0.25) is 10.0 Å². The molecule has 1 heterocycles. The summed E-state index contributed by atoms with van der Waals surface area (Å²) in [5.74, 6) is -1.63. The van der Waals surface area contributed by atoms with E-state index in [1.165, 1.54) is 36.5 Å². The molecule has 10 heteroatoms. The zero-order chi connectivity index (χ0) is 20.9. The lowest BCUT2D eigenvalue weighted by molar-refractivity contribution is -0.127. The first-order chi connectivity index (χ1) is 13.2. The van der Waals surface area contributed by atoms with E-state index in [0.29, 0.717) is 18.7 Å². The second-order valence-corrected chi connectivity index (χ2v) is 8.50. The van der Waals surface area contributed by atoms with Crippen molar-refractivity contribution in [3.8, 4) is 0 Å². The number of piperidine rings is 1. The van der Waals surface area contributed by atoms with Crippen LogP contribution in [-0.4, -0.2) is 56.9 Å². The molecule has 1 atom stereocenters. The molecular formula is C18H25N3O6S. The van der Waals surface area contributed by atoms with Crippen molar-refractivity contribution in [3.05, 3.63) is 29.3 Å². The van der Waals surface area contributed by atoms with E-state index in [0.717, 1.165) is 19.3 Å². The molecule has 1 aliphatic rings. The van der Waals surface area contributed by atoms with Crippen molar-refractivity contribution in [2.24, 2.45) is 0 Å². The third-order valence-electron chi connectivity index (χ3n) is 4.50. The Morgan fingerprint density at radius 1 is 1.14 bits per heavy atom. The number of nitrogens with zero attached hydrogens (tertiary/aromatic N) is 1. The number of carbonyl (C=O) groups excluding carboxylic acids is 3. The van der Waals surface area contributed by atoms with Crippen LogP contribution in [0.5, 0.6) is 0 Å². The molecule has 1 aromatic carbocycles. The van der Waals surface area contributed by atoms with Crippen LogP contribution in [0.2, 0.25) is 0 Å². The van der Waals surface area contributed by atoms with Crippen LogP contribution in [-0.2, 0) is 19.6 Å². The topological polar surface area (TPSA) is 122 Å². The van der Waals surface area contributed by atoms with Crippen LogP contribution in [0.4, 0.5) is 4.79 Å². The number of sulfonamides is 1. The quantitative estimate of drug-likeness (QED) is 0.702. The Morgan fingerprint density at radius 3 is 2.39 bits per heavy atom. The number of amides is 3. The molecule has 3 amide bonds. The van der Waals surface area contributed by atoms with Crippen LogP contribution in [0.15, 0.2) is 23.1 Å². The lowest BCUT2D eigenvalue weighted by Gasteiger charge is -2.26. The van der Waals surface area contributed by atoms with Crippen LogP contribution >= 0.6 is 0 Å². The predicted octanol–water partition coefficient (Wildman–Crippen LogP) is 1.17. The van der Waals surface area contributed by atoms with E-state index < -0.39 is 34.0 Å². The van der Waals surface area contributed by atoms with Gasteiger partial charge in [-0.3, -0.25) is 10.1 Å². The molecule has 154 valence electrons. The van der Waals surface area contributed by atoms with Gasteiger partial charge in [0.25, 0.3) is 5.91 Å². The Bertz CT molecular complexity index is 862. The Labute approximate surface area is 164 Å². The number of esters is 1. The molecule has 0 spiro atoms. The third-order valence-corrected chi connectivity index (χ3v) is 6.39. The van der Waals surface area contributed by atoms with Gasteiger partial charge in [0.05, 0.1) is 10.5 Å². The van der Waals surface area contributed by atoms with Crippen LogP contribution in [0.25, 0.3) is 0 Å². The zero-order valence-corrected chi connectivity index (χ0v) is 17.0. The summed E-state index contributed by atoms with van der Waals surface area (Å²) >= 11 is 0. The number of hydrogen-bond donors (Lipinski definition) is 2. The highest BCUT2D eigenvalue weighted by atomic mass is 32.2. The van der Waals surface area contributed by atoms with Crippen LogP contribution in [0.1, 0.15) is 42.1 Å². The molecule has 2 N–H and O–H groups in total. The van der Waals surface area contributed by atoms with Gasteiger partial charge in [-0.05, 0) is 44.4 Å². The van der Waals surface area contributed by atoms with Crippen LogP contribution in [0.3, 0.4) is 0 Å². The minimum absolute atomic E-state index is 0.00872. The van der Waals surface area contributed by atoms with Gasteiger partial charge in [0.15, 0.2) is 6.10 Å². The highest BCUT2D eigenvalue weighted by molar-refractivity contribution is 7.89. The first kappa shape index (κ1) is 21.8. The number of aryl methyl sites for hydroxylation is 1. The minimum atomic E-state index is -3.71. The highest BCUT2D eigenvalue weighted by Gasteiger charge is 2.28. The molecule has 1 saturated heterocycles. The molecule has 0 aliphatic carbocycles. The van der Waals surface area contributed by atoms with Crippen molar-refractivity contribution in [2.45, 2.75) is 44.1 Å². The molecule has 0 saturated carbocycles. The molecule has 0 unspecified atom stereocenters. The van der Waals surface area contributed by atoms with E-state index in [9.17, 15) is 22.8 Å². The van der Waals surface area contributed by atoms with Gasteiger partial charge >= 0.3 is 12.0 Å². The van der Waals surface area contributed by atoms with E-state index in [1.54, 1.807) is 6.92 Å². The number of imide groups is 1. The maximum Gasteiger partial charge on any atom is 0.339 e. The first-order valence-electron chi connectivity index (χ1n) is 9.01. The molecule has 28 heavy (non-hydrogen) atoms. The van der Waals surface area contributed by atoms with Crippen molar-refractivity contribution in [2.75, 3.05) is 20.1 Å². The lowest BCUT2D eigenvalue weighted by atomic mass is 10.1. The normalized spacial score (nSPS) is 16.1. The van der Waals surface area contributed by atoms with Gasteiger partial charge in [0.1, 0.15) is 0 Å². The second-order valence-electron chi connectivity index (χ2n) is 6.56. The molecular weight excluding hydrogens is 386 g/mol. The predicted molar refractivity (Wildman–Crippen MR) is 101 cm³/mol. The fourth-order valence-electron chi connectivity index (χ4n) is 2.79. The monoisotopic (exact) mass is 411 g/mol. The third kappa shape index (κ3) is 5.08. The minimum Gasteiger partial charge on any atom is -0.449 e. The standard InChI is InChI=1S/C18H25N3O6S/c1-12-7-8-14(28(25,26)21-9-5-4-6-10-21)11-15(12)17(23)27-13(2)16(22)20-18(24)19-3/h7-8,11,13H,4-6,9-10H2,1-3H3,(H2,19,20,22,24)/t13-/m0/s1. The molecule has 1 aliphatic heterocycles. The fourth-order valence-corrected chi connectivity index (χ4v) is 4.33. The number of carbonyl (C=O) groups is 3. The van der Waals surface area contributed by atoms with Gasteiger partial charge < -0.3 is 10.1 Å². The maximum absolute atomic E-state index is 12.8. The van der Waals surface area contributed by atoms with Crippen molar-refractivity contribution in [1.29, 1.82) is 0 Å². The highest BCUT2D eigenvalue weighted by Crippen LogP contribution is 2.23. The Balaban J connectivity index is 2.19. The van der Waals surface area contributed by atoms with E-state index >= 15 is 0 Å². The first-order valence-corrected chi connectivity index (χ1v) is 10.4. The Hall–Kier alpha value is -2.46. The molecule has 0 radical (unpaired) electrons. The summed E-state index contributed by atoms with van der Waals surface area (Å²) < 4.78 is 32.2. The number of hydrogen-bond acceptors (Lipinski definition) is 6. The SMILES string of the molecule is CNC(=O)NC(=O)[C@H](C)OC(=O)c1cc(S(=O)(=O)N2CCCCC2)ccc1C. The van der Waals surface area contributed by atoms with Crippen molar-refractivity contribution >= 4 is 27.9 Å². The molecule has 0 aromatic heterocycles. The Morgan fingerprint density at radius 2 is 1.79 bits per heavy atom. The second kappa shape index (κ2) is 9.16. The van der Waals surface area contributed by atoms with Gasteiger partial charge in [-0.1, -0.05) is 12.5 Å². The number of ether oxygens (including phenoxy) is 1. The van der Waals surface area contributed by atoms with E-state index in [1.807, 2.05) is 5.32 Å². The summed E-state index contributed by atoms with van der Waals surface area (Å²) in [6, 6.07) is 3.53.